The van der Waals surface area contributed by atoms with Gasteiger partial charge in [-0.25, -0.2) is 0 Å². The lowest BCUT2D eigenvalue weighted by Crippen LogP contribution is -2.28. The molecule has 0 saturated carbocycles. The molecule has 1 atom stereocenters. The standard InChI is InChI=1S/C24H29N5O3S/c1-4-29-21(15-25-22(30)14-18-10-12-20(32-3)13-11-18)27-28-24(29)33-16-23(31)26-17(2)19-8-6-5-7-9-19/h5-13,17H,4,14-16H2,1-3H3,(H,25,30)(H,26,31)/t17-/m0/s1. The van der Waals surface area contributed by atoms with Crippen LogP contribution < -0.4 is 15.4 Å². The number of carbonyl (C=O) groups is 2. The monoisotopic (exact) mass is 467 g/mol. The number of nitrogens with zero attached hydrogens (tertiary/aromatic N) is 3. The normalized spacial score (nSPS) is 11.6. The second-order valence-corrected chi connectivity index (χ2v) is 8.38. The van der Waals surface area contributed by atoms with Gasteiger partial charge in [0, 0.05) is 6.54 Å². The van der Waals surface area contributed by atoms with E-state index in [1.807, 2.05) is 73.0 Å². The summed E-state index contributed by atoms with van der Waals surface area (Å²) in [6.07, 6.45) is 0.269. The second kappa shape index (κ2) is 12.1. The molecule has 1 aromatic heterocycles. The number of benzene rings is 2. The maximum Gasteiger partial charge on any atom is 0.230 e. The molecule has 3 rings (SSSR count). The molecular formula is C24H29N5O3S. The van der Waals surface area contributed by atoms with Crippen molar-refractivity contribution in [3.05, 3.63) is 71.5 Å². The Bertz CT molecular complexity index is 1050. The summed E-state index contributed by atoms with van der Waals surface area (Å²) in [5.41, 5.74) is 1.96. The van der Waals surface area contributed by atoms with Crippen LogP contribution in [0, 0.1) is 0 Å². The Balaban J connectivity index is 1.49. The average molecular weight is 468 g/mol. The molecule has 0 aliphatic carbocycles. The number of methoxy groups -OCH3 is 1. The predicted octanol–water partition coefficient (Wildman–Crippen LogP) is 3.14. The molecule has 0 spiro atoms. The minimum Gasteiger partial charge on any atom is -0.497 e. The fourth-order valence-corrected chi connectivity index (χ4v) is 4.11. The molecule has 0 aliphatic rings. The second-order valence-electron chi connectivity index (χ2n) is 7.43. The summed E-state index contributed by atoms with van der Waals surface area (Å²) in [5, 5.41) is 15.0. The zero-order chi connectivity index (χ0) is 23.6. The van der Waals surface area contributed by atoms with E-state index in [0.717, 1.165) is 16.9 Å². The SMILES string of the molecule is CCn1c(CNC(=O)Cc2ccc(OC)cc2)nnc1SCC(=O)N[C@@H](C)c1ccccc1. The van der Waals surface area contributed by atoms with Crippen molar-refractivity contribution < 1.29 is 14.3 Å². The van der Waals surface area contributed by atoms with Crippen LogP contribution >= 0.6 is 11.8 Å². The maximum atomic E-state index is 12.4. The highest BCUT2D eigenvalue weighted by atomic mass is 32.2. The number of thioether (sulfide) groups is 1. The van der Waals surface area contributed by atoms with Crippen LogP contribution in [-0.2, 0) is 29.1 Å². The van der Waals surface area contributed by atoms with Crippen LogP contribution in [0.1, 0.15) is 36.8 Å². The number of aromatic nitrogens is 3. The van der Waals surface area contributed by atoms with Crippen LogP contribution in [-0.4, -0.2) is 39.4 Å². The lowest BCUT2D eigenvalue weighted by molar-refractivity contribution is -0.121. The lowest BCUT2D eigenvalue weighted by Gasteiger charge is -2.14. The molecule has 9 heteroatoms. The highest BCUT2D eigenvalue weighted by Gasteiger charge is 2.15. The number of amides is 2. The minimum absolute atomic E-state index is 0.0696. The topological polar surface area (TPSA) is 98.1 Å². The molecule has 174 valence electrons. The summed E-state index contributed by atoms with van der Waals surface area (Å²) >= 11 is 1.33. The molecule has 2 amide bonds. The minimum atomic E-state index is -0.102. The van der Waals surface area contributed by atoms with Crippen molar-refractivity contribution in [1.82, 2.24) is 25.4 Å². The van der Waals surface area contributed by atoms with Gasteiger partial charge >= 0.3 is 0 Å². The van der Waals surface area contributed by atoms with E-state index in [1.54, 1.807) is 7.11 Å². The molecule has 0 unspecified atom stereocenters. The van der Waals surface area contributed by atoms with E-state index in [9.17, 15) is 9.59 Å². The molecule has 33 heavy (non-hydrogen) atoms. The van der Waals surface area contributed by atoms with E-state index in [-0.39, 0.29) is 36.6 Å². The number of ether oxygens (including phenoxy) is 1. The summed E-state index contributed by atoms with van der Waals surface area (Å²) < 4.78 is 7.04. The van der Waals surface area contributed by atoms with Crippen molar-refractivity contribution in [3.8, 4) is 5.75 Å². The van der Waals surface area contributed by atoms with E-state index in [1.165, 1.54) is 11.8 Å². The smallest absolute Gasteiger partial charge is 0.230 e. The van der Waals surface area contributed by atoms with Crippen molar-refractivity contribution >= 4 is 23.6 Å². The molecule has 2 N–H and O–H groups in total. The molecule has 0 radical (unpaired) electrons. The molecule has 0 fully saturated rings. The van der Waals surface area contributed by atoms with Crippen LogP contribution in [0.25, 0.3) is 0 Å². The summed E-state index contributed by atoms with van der Waals surface area (Å²) in [4.78, 5) is 24.7. The predicted molar refractivity (Wildman–Crippen MR) is 128 cm³/mol. The average Bonchev–Trinajstić information content (AvgIpc) is 3.24. The molecule has 8 nitrogen and oxygen atoms in total. The van der Waals surface area contributed by atoms with Gasteiger partial charge in [0.15, 0.2) is 11.0 Å². The van der Waals surface area contributed by atoms with Gasteiger partial charge in [-0.15, -0.1) is 10.2 Å². The summed E-state index contributed by atoms with van der Waals surface area (Å²) in [6, 6.07) is 17.2. The van der Waals surface area contributed by atoms with E-state index in [4.69, 9.17) is 4.74 Å². The van der Waals surface area contributed by atoms with Gasteiger partial charge in [0.05, 0.1) is 31.9 Å². The van der Waals surface area contributed by atoms with Crippen molar-refractivity contribution in [2.24, 2.45) is 0 Å². The van der Waals surface area contributed by atoms with Crippen molar-refractivity contribution in [3.63, 3.8) is 0 Å². The molecule has 0 saturated heterocycles. The molecule has 0 bridgehead atoms. The van der Waals surface area contributed by atoms with Crippen LogP contribution in [0.2, 0.25) is 0 Å². The third-order valence-electron chi connectivity index (χ3n) is 5.09. The zero-order valence-electron chi connectivity index (χ0n) is 19.1. The van der Waals surface area contributed by atoms with Gasteiger partial charge in [-0.05, 0) is 37.1 Å². The largest absolute Gasteiger partial charge is 0.497 e. The molecular weight excluding hydrogens is 438 g/mol. The van der Waals surface area contributed by atoms with Crippen molar-refractivity contribution in [2.45, 2.75) is 44.6 Å². The van der Waals surface area contributed by atoms with Gasteiger partial charge < -0.3 is 19.9 Å². The fourth-order valence-electron chi connectivity index (χ4n) is 3.28. The number of rotatable bonds is 11. The number of hydrogen-bond acceptors (Lipinski definition) is 6. The fraction of sp³-hybridized carbons (Fsp3) is 0.333. The quantitative estimate of drug-likeness (QED) is 0.421. The summed E-state index contributed by atoms with van der Waals surface area (Å²) in [5.74, 6) is 1.47. The van der Waals surface area contributed by atoms with Gasteiger partial charge in [0.2, 0.25) is 11.8 Å². The first kappa shape index (κ1) is 24.3. The van der Waals surface area contributed by atoms with Crippen LogP contribution in [0.3, 0.4) is 0 Å². The zero-order valence-corrected chi connectivity index (χ0v) is 19.9. The van der Waals surface area contributed by atoms with Crippen LogP contribution in [0.4, 0.5) is 0 Å². The third kappa shape index (κ3) is 7.08. The first-order chi connectivity index (χ1) is 16.0. The Morgan fingerprint density at radius 3 is 2.45 bits per heavy atom. The highest BCUT2D eigenvalue weighted by Crippen LogP contribution is 2.18. The number of hydrogen-bond donors (Lipinski definition) is 2. The third-order valence-corrected chi connectivity index (χ3v) is 6.05. The molecule has 0 aliphatic heterocycles. The molecule has 1 heterocycles. The van der Waals surface area contributed by atoms with E-state index < -0.39 is 0 Å². The molecule has 3 aromatic rings. The Morgan fingerprint density at radius 2 is 1.79 bits per heavy atom. The Labute approximate surface area is 198 Å². The van der Waals surface area contributed by atoms with E-state index in [2.05, 4.69) is 20.8 Å². The Hall–Kier alpha value is -3.33. The van der Waals surface area contributed by atoms with Crippen molar-refractivity contribution in [1.29, 1.82) is 0 Å². The van der Waals surface area contributed by atoms with E-state index >= 15 is 0 Å². The summed E-state index contributed by atoms with van der Waals surface area (Å²) in [6.45, 7) is 4.85. The number of carbonyl (C=O) groups excluding carboxylic acids is 2. The van der Waals surface area contributed by atoms with Crippen LogP contribution in [0.15, 0.2) is 59.8 Å². The maximum absolute atomic E-state index is 12.4. The lowest BCUT2D eigenvalue weighted by atomic mass is 10.1. The van der Waals surface area contributed by atoms with Gasteiger partial charge in [0.1, 0.15) is 5.75 Å². The van der Waals surface area contributed by atoms with Gasteiger partial charge in [0.25, 0.3) is 0 Å². The Morgan fingerprint density at radius 1 is 1.06 bits per heavy atom. The van der Waals surface area contributed by atoms with Crippen LogP contribution in [0.5, 0.6) is 5.75 Å². The first-order valence-electron chi connectivity index (χ1n) is 10.8. The van der Waals surface area contributed by atoms with Gasteiger partial charge in [-0.2, -0.15) is 0 Å². The molecule has 2 aromatic carbocycles. The first-order valence-corrected chi connectivity index (χ1v) is 11.8. The number of nitrogens with one attached hydrogen (secondary N) is 2. The van der Waals surface area contributed by atoms with Gasteiger partial charge in [-0.3, -0.25) is 9.59 Å². The highest BCUT2D eigenvalue weighted by molar-refractivity contribution is 7.99. The van der Waals surface area contributed by atoms with Crippen molar-refractivity contribution in [2.75, 3.05) is 12.9 Å². The summed E-state index contributed by atoms with van der Waals surface area (Å²) in [7, 11) is 1.61. The van der Waals surface area contributed by atoms with Gasteiger partial charge in [-0.1, -0.05) is 54.2 Å². The van der Waals surface area contributed by atoms with E-state index in [0.29, 0.717) is 17.5 Å². The Kier molecular flexibility index (Phi) is 8.88.